The van der Waals surface area contributed by atoms with Crippen molar-refractivity contribution in [3.8, 4) is 17.2 Å². The average Bonchev–Trinajstić information content (AvgIpc) is 3.13. The molecule has 7 heteroatoms. The second-order valence-electron chi connectivity index (χ2n) is 5.91. The highest BCUT2D eigenvalue weighted by Gasteiger charge is 2.11. The number of benzene rings is 2. The monoisotopic (exact) mass is 384 g/mol. The maximum Gasteiger partial charge on any atom is 0.337 e. The number of methoxy groups -OCH3 is 1. The predicted molar refractivity (Wildman–Crippen MR) is 103 cm³/mol. The third-order valence-electron chi connectivity index (χ3n) is 3.85. The van der Waals surface area contributed by atoms with Gasteiger partial charge in [-0.15, -0.1) is 10.2 Å². The van der Waals surface area contributed by atoms with Crippen molar-refractivity contribution in [2.75, 3.05) is 19.5 Å². The minimum Gasteiger partial charge on any atom is -0.493 e. The van der Waals surface area contributed by atoms with Crippen LogP contribution in [0, 0.1) is 13.8 Å². The van der Waals surface area contributed by atoms with Gasteiger partial charge in [-0.05, 0) is 43.7 Å². The molecule has 6 nitrogen and oxygen atoms in total. The minimum absolute atomic E-state index is 0.389. The number of hydrogen-bond donors (Lipinski definition) is 0. The van der Waals surface area contributed by atoms with Crippen molar-refractivity contribution in [3.05, 3.63) is 59.2 Å². The number of carbonyl (C=O) groups excluding carboxylic acids is 1. The van der Waals surface area contributed by atoms with E-state index in [9.17, 15) is 4.79 Å². The van der Waals surface area contributed by atoms with Crippen molar-refractivity contribution in [1.82, 2.24) is 10.2 Å². The van der Waals surface area contributed by atoms with Crippen LogP contribution in [-0.4, -0.2) is 35.6 Å². The summed E-state index contributed by atoms with van der Waals surface area (Å²) in [7, 11) is 1.35. The fraction of sp³-hybridized carbons (Fsp3) is 0.250. The average molecular weight is 384 g/mol. The number of hydrogen-bond acceptors (Lipinski definition) is 7. The lowest BCUT2D eigenvalue weighted by Gasteiger charge is -2.06. The number of thioether (sulfide) groups is 1. The fourth-order valence-corrected chi connectivity index (χ4v) is 3.13. The van der Waals surface area contributed by atoms with Gasteiger partial charge in [0.2, 0.25) is 5.89 Å². The molecule has 1 heterocycles. The van der Waals surface area contributed by atoms with Crippen LogP contribution in [0.2, 0.25) is 0 Å². The Kier molecular flexibility index (Phi) is 6.13. The molecular weight excluding hydrogens is 364 g/mol. The van der Waals surface area contributed by atoms with E-state index in [2.05, 4.69) is 16.3 Å². The molecule has 0 N–H and O–H groups in total. The van der Waals surface area contributed by atoms with Crippen LogP contribution < -0.4 is 4.74 Å². The van der Waals surface area contributed by atoms with E-state index in [0.29, 0.717) is 34.8 Å². The van der Waals surface area contributed by atoms with Gasteiger partial charge in [-0.1, -0.05) is 35.5 Å². The minimum atomic E-state index is -0.389. The number of carbonyl (C=O) groups is 1. The van der Waals surface area contributed by atoms with E-state index in [1.54, 1.807) is 24.3 Å². The third kappa shape index (κ3) is 4.89. The maximum absolute atomic E-state index is 11.5. The molecule has 3 rings (SSSR count). The van der Waals surface area contributed by atoms with Crippen LogP contribution in [0.5, 0.6) is 5.75 Å². The molecule has 3 aromatic rings. The van der Waals surface area contributed by atoms with Gasteiger partial charge < -0.3 is 13.9 Å². The van der Waals surface area contributed by atoms with E-state index in [0.717, 1.165) is 11.1 Å². The zero-order chi connectivity index (χ0) is 19.2. The van der Waals surface area contributed by atoms with E-state index in [1.165, 1.54) is 24.4 Å². The van der Waals surface area contributed by atoms with Gasteiger partial charge in [0.1, 0.15) is 5.75 Å². The highest BCUT2D eigenvalue weighted by atomic mass is 32.2. The van der Waals surface area contributed by atoms with Gasteiger partial charge >= 0.3 is 5.97 Å². The van der Waals surface area contributed by atoms with Crippen LogP contribution in [0.4, 0.5) is 0 Å². The molecule has 0 aliphatic heterocycles. The van der Waals surface area contributed by atoms with E-state index in [1.807, 2.05) is 26.0 Å². The van der Waals surface area contributed by atoms with E-state index in [-0.39, 0.29) is 5.97 Å². The molecule has 0 saturated carbocycles. The maximum atomic E-state index is 11.5. The lowest BCUT2D eigenvalue weighted by atomic mass is 10.1. The Balaban J connectivity index is 1.53. The van der Waals surface area contributed by atoms with Crippen molar-refractivity contribution in [1.29, 1.82) is 0 Å². The summed E-state index contributed by atoms with van der Waals surface area (Å²) < 4.78 is 16.1. The predicted octanol–water partition coefficient (Wildman–Crippen LogP) is 4.31. The van der Waals surface area contributed by atoms with Crippen molar-refractivity contribution < 1.29 is 18.7 Å². The van der Waals surface area contributed by atoms with Crippen LogP contribution in [-0.2, 0) is 4.74 Å². The molecule has 140 valence electrons. The quantitative estimate of drug-likeness (QED) is 0.341. The molecule has 0 fully saturated rings. The van der Waals surface area contributed by atoms with E-state index < -0.39 is 0 Å². The Labute approximate surface area is 161 Å². The SMILES string of the molecule is COC(=O)c1cccc(OCCSc2nnc(-c3ccc(C)cc3C)o2)c1. The molecule has 0 aliphatic carbocycles. The summed E-state index contributed by atoms with van der Waals surface area (Å²) in [4.78, 5) is 11.5. The summed E-state index contributed by atoms with van der Waals surface area (Å²) in [6.07, 6.45) is 0. The highest BCUT2D eigenvalue weighted by molar-refractivity contribution is 7.99. The molecule has 0 saturated heterocycles. The third-order valence-corrected chi connectivity index (χ3v) is 4.63. The van der Waals surface area contributed by atoms with Crippen molar-refractivity contribution in [2.24, 2.45) is 0 Å². The normalized spacial score (nSPS) is 10.6. The fourth-order valence-electron chi connectivity index (χ4n) is 2.55. The van der Waals surface area contributed by atoms with Gasteiger partial charge in [0.15, 0.2) is 0 Å². The van der Waals surface area contributed by atoms with Crippen LogP contribution in [0.1, 0.15) is 21.5 Å². The second kappa shape index (κ2) is 8.73. The van der Waals surface area contributed by atoms with Crippen LogP contribution >= 0.6 is 11.8 Å². The Morgan fingerprint density at radius 1 is 1.15 bits per heavy atom. The number of ether oxygens (including phenoxy) is 2. The first-order chi connectivity index (χ1) is 13.1. The Morgan fingerprint density at radius 3 is 2.78 bits per heavy atom. The summed E-state index contributed by atoms with van der Waals surface area (Å²) in [6, 6.07) is 13.0. The van der Waals surface area contributed by atoms with Gasteiger partial charge in [0, 0.05) is 11.3 Å². The zero-order valence-electron chi connectivity index (χ0n) is 15.4. The molecule has 2 aromatic carbocycles. The molecule has 0 atom stereocenters. The number of aromatic nitrogens is 2. The molecule has 1 aromatic heterocycles. The van der Waals surface area contributed by atoms with Gasteiger partial charge in [0.25, 0.3) is 5.22 Å². The Morgan fingerprint density at radius 2 is 2.00 bits per heavy atom. The van der Waals surface area contributed by atoms with Crippen molar-refractivity contribution >= 4 is 17.7 Å². The first-order valence-electron chi connectivity index (χ1n) is 8.42. The van der Waals surface area contributed by atoms with Crippen LogP contribution in [0.25, 0.3) is 11.5 Å². The molecule has 0 bridgehead atoms. The van der Waals surface area contributed by atoms with Crippen molar-refractivity contribution in [3.63, 3.8) is 0 Å². The van der Waals surface area contributed by atoms with Crippen LogP contribution in [0.15, 0.2) is 52.1 Å². The molecule has 0 unspecified atom stereocenters. The van der Waals surface area contributed by atoms with E-state index in [4.69, 9.17) is 13.9 Å². The zero-order valence-corrected chi connectivity index (χ0v) is 16.2. The summed E-state index contributed by atoms with van der Waals surface area (Å²) in [5.41, 5.74) is 3.69. The molecule has 27 heavy (non-hydrogen) atoms. The molecular formula is C20H20N2O4S. The lowest BCUT2D eigenvalue weighted by molar-refractivity contribution is 0.0600. The van der Waals surface area contributed by atoms with Gasteiger partial charge in [0.05, 0.1) is 19.3 Å². The van der Waals surface area contributed by atoms with E-state index >= 15 is 0 Å². The summed E-state index contributed by atoms with van der Waals surface area (Å²) in [5.74, 6) is 1.37. The van der Waals surface area contributed by atoms with Gasteiger partial charge in [-0.25, -0.2) is 4.79 Å². The first kappa shape index (κ1) is 19.0. The number of aryl methyl sites for hydroxylation is 2. The smallest absolute Gasteiger partial charge is 0.337 e. The summed E-state index contributed by atoms with van der Waals surface area (Å²) >= 11 is 1.42. The number of esters is 1. The largest absolute Gasteiger partial charge is 0.493 e. The summed E-state index contributed by atoms with van der Waals surface area (Å²) in [6.45, 7) is 4.51. The van der Waals surface area contributed by atoms with Crippen molar-refractivity contribution in [2.45, 2.75) is 19.1 Å². The summed E-state index contributed by atoms with van der Waals surface area (Å²) in [5, 5.41) is 8.70. The van der Waals surface area contributed by atoms with Crippen LogP contribution in [0.3, 0.4) is 0 Å². The molecule has 0 amide bonds. The number of nitrogens with zero attached hydrogens (tertiary/aromatic N) is 2. The van der Waals surface area contributed by atoms with Gasteiger partial charge in [-0.3, -0.25) is 0 Å². The Hall–Kier alpha value is -2.80. The Bertz CT molecular complexity index is 939. The second-order valence-corrected chi connectivity index (χ2v) is 6.95. The number of rotatable bonds is 7. The standard InChI is InChI=1S/C20H20N2O4S/c1-13-7-8-17(14(2)11-13)18-21-22-20(26-18)27-10-9-25-16-6-4-5-15(12-16)19(23)24-3/h4-8,11-12H,9-10H2,1-3H3. The topological polar surface area (TPSA) is 74.5 Å². The molecule has 0 spiro atoms. The molecule has 0 radical (unpaired) electrons. The first-order valence-corrected chi connectivity index (χ1v) is 9.40. The lowest BCUT2D eigenvalue weighted by Crippen LogP contribution is -2.03. The molecule has 0 aliphatic rings. The van der Waals surface area contributed by atoms with Gasteiger partial charge in [-0.2, -0.15) is 0 Å². The highest BCUT2D eigenvalue weighted by Crippen LogP contribution is 2.26.